The molecule has 0 amide bonds. The molecule has 6 heteroatoms. The first kappa shape index (κ1) is 34.2. The molecule has 0 fully saturated rings. The first-order valence-electron chi connectivity index (χ1n) is 20.2. The maximum atomic E-state index is 4.83. The Labute approximate surface area is 338 Å². The molecule has 0 radical (unpaired) electrons. The van der Waals surface area contributed by atoms with Crippen LogP contribution in [0.15, 0.2) is 170 Å². The standard InChI is InChI=1S/C52H42N6/c1-52(51-17-5-9-28-55-51)25-24-50-43(34-52)42-31-36(45-15-4-8-27-54-45)19-22-49(42)58(50)39-13-11-12-38(33-39)57-47-21-18-35(44-14-3-7-26-53-44)30-40(47)41-32-37(20-23-48(41)57)46-16-6-10-29-56(46)2/h3-29,31-33,35,46H,30,34H2,1-2H3. The van der Waals surface area contributed by atoms with Crippen LogP contribution in [0.25, 0.3) is 56.6 Å². The third-order valence-electron chi connectivity index (χ3n) is 12.4. The van der Waals surface area contributed by atoms with Gasteiger partial charge in [-0.1, -0.05) is 67.6 Å². The molecule has 0 saturated heterocycles. The normalized spacial score (nSPS) is 19.5. The van der Waals surface area contributed by atoms with Gasteiger partial charge in [-0.05, 0) is 133 Å². The smallest absolute Gasteiger partial charge is 0.0721 e. The topological polar surface area (TPSA) is 51.8 Å². The number of aromatic nitrogens is 5. The Morgan fingerprint density at radius 3 is 2.12 bits per heavy atom. The second kappa shape index (κ2) is 13.6. The van der Waals surface area contributed by atoms with E-state index < -0.39 is 0 Å². The monoisotopic (exact) mass is 750 g/mol. The van der Waals surface area contributed by atoms with Crippen molar-refractivity contribution in [2.75, 3.05) is 7.05 Å². The second-order valence-electron chi connectivity index (χ2n) is 16.0. The van der Waals surface area contributed by atoms with Crippen molar-refractivity contribution in [3.63, 3.8) is 0 Å². The van der Waals surface area contributed by atoms with E-state index in [0.29, 0.717) is 0 Å². The molecule has 0 saturated carbocycles. The van der Waals surface area contributed by atoms with Gasteiger partial charge in [0.05, 0.1) is 28.5 Å². The lowest BCUT2D eigenvalue weighted by Gasteiger charge is -2.29. The Morgan fingerprint density at radius 1 is 0.638 bits per heavy atom. The summed E-state index contributed by atoms with van der Waals surface area (Å²) < 4.78 is 4.92. The fourth-order valence-electron chi connectivity index (χ4n) is 9.51. The van der Waals surface area contributed by atoms with Crippen molar-refractivity contribution in [3.05, 3.63) is 210 Å². The van der Waals surface area contributed by atoms with Crippen LogP contribution in [0.3, 0.4) is 0 Å². The highest BCUT2D eigenvalue weighted by molar-refractivity contribution is 5.95. The summed E-state index contributed by atoms with van der Waals surface area (Å²) in [6.45, 7) is 2.30. The lowest BCUT2D eigenvalue weighted by atomic mass is 9.76. The van der Waals surface area contributed by atoms with Crippen LogP contribution in [0.5, 0.6) is 0 Å². The Hall–Kier alpha value is -7.05. The lowest BCUT2D eigenvalue weighted by molar-refractivity contribution is 0.390. The molecule has 5 aromatic heterocycles. The van der Waals surface area contributed by atoms with E-state index in [1.54, 1.807) is 0 Å². The average molecular weight is 751 g/mol. The van der Waals surface area contributed by atoms with E-state index in [4.69, 9.17) is 15.0 Å². The summed E-state index contributed by atoms with van der Waals surface area (Å²) in [5.41, 5.74) is 15.1. The summed E-state index contributed by atoms with van der Waals surface area (Å²) in [4.78, 5) is 16.6. The van der Waals surface area contributed by atoms with Crippen molar-refractivity contribution in [2.45, 2.75) is 37.1 Å². The van der Waals surface area contributed by atoms with E-state index in [1.807, 2.05) is 36.8 Å². The van der Waals surface area contributed by atoms with Crippen molar-refractivity contribution in [1.29, 1.82) is 0 Å². The van der Waals surface area contributed by atoms with Crippen LogP contribution in [0.4, 0.5) is 0 Å². The predicted molar refractivity (Wildman–Crippen MR) is 236 cm³/mol. The number of fused-ring (bicyclic) bond motifs is 6. The Morgan fingerprint density at radius 2 is 1.38 bits per heavy atom. The van der Waals surface area contributed by atoms with Crippen LogP contribution in [0.1, 0.15) is 58.3 Å². The Bertz CT molecular complexity index is 2990. The van der Waals surface area contributed by atoms with E-state index in [1.165, 1.54) is 49.9 Å². The Kier molecular flexibility index (Phi) is 8.00. The molecule has 6 heterocycles. The third kappa shape index (κ3) is 5.59. The highest BCUT2D eigenvalue weighted by Crippen LogP contribution is 2.44. The zero-order chi connectivity index (χ0) is 38.8. The molecule has 2 aliphatic carbocycles. The van der Waals surface area contributed by atoms with Gasteiger partial charge in [-0.3, -0.25) is 15.0 Å². The number of nitrogens with zero attached hydrogens (tertiary/aromatic N) is 6. The largest absolute Gasteiger partial charge is 0.370 e. The minimum atomic E-state index is -0.240. The van der Waals surface area contributed by atoms with Gasteiger partial charge in [-0.2, -0.15) is 0 Å². The van der Waals surface area contributed by atoms with E-state index in [0.717, 1.165) is 46.9 Å². The molecule has 3 aliphatic rings. The van der Waals surface area contributed by atoms with E-state index >= 15 is 0 Å². The Balaban J connectivity index is 1.08. The molecule has 0 N–H and O–H groups in total. The van der Waals surface area contributed by atoms with Crippen molar-refractivity contribution in [2.24, 2.45) is 0 Å². The average Bonchev–Trinajstić information content (AvgIpc) is 3.78. The van der Waals surface area contributed by atoms with Crippen LogP contribution >= 0.6 is 0 Å². The minimum absolute atomic E-state index is 0.182. The van der Waals surface area contributed by atoms with Crippen LogP contribution < -0.4 is 0 Å². The fourth-order valence-corrected chi connectivity index (χ4v) is 9.51. The number of allylic oxidation sites excluding steroid dienone is 4. The van der Waals surface area contributed by atoms with Gasteiger partial charge in [0.1, 0.15) is 0 Å². The van der Waals surface area contributed by atoms with Gasteiger partial charge in [0.25, 0.3) is 0 Å². The summed E-state index contributed by atoms with van der Waals surface area (Å²) in [5.74, 6) is 0.209. The molecule has 3 aromatic carbocycles. The molecule has 11 rings (SSSR count). The number of benzene rings is 3. The van der Waals surface area contributed by atoms with Crippen molar-refractivity contribution >= 4 is 34.0 Å². The zero-order valence-corrected chi connectivity index (χ0v) is 32.6. The highest BCUT2D eigenvalue weighted by atomic mass is 15.1. The number of hydrogen-bond acceptors (Lipinski definition) is 4. The molecule has 58 heavy (non-hydrogen) atoms. The highest BCUT2D eigenvalue weighted by Gasteiger charge is 2.33. The van der Waals surface area contributed by atoms with Gasteiger partial charge in [-0.15, -0.1) is 0 Å². The quantitative estimate of drug-likeness (QED) is 0.170. The molecule has 3 atom stereocenters. The second-order valence-corrected chi connectivity index (χ2v) is 16.0. The minimum Gasteiger partial charge on any atom is -0.370 e. The van der Waals surface area contributed by atoms with E-state index in [-0.39, 0.29) is 17.4 Å². The molecule has 6 nitrogen and oxygen atoms in total. The number of hydrogen-bond donors (Lipinski definition) is 0. The van der Waals surface area contributed by atoms with Crippen LogP contribution in [-0.2, 0) is 18.3 Å². The maximum Gasteiger partial charge on any atom is 0.0721 e. The first-order valence-corrected chi connectivity index (χ1v) is 20.2. The van der Waals surface area contributed by atoms with Crippen LogP contribution in [-0.4, -0.2) is 36.0 Å². The summed E-state index contributed by atoms with van der Waals surface area (Å²) in [5, 5.41) is 2.54. The van der Waals surface area contributed by atoms with Gasteiger partial charge < -0.3 is 14.0 Å². The van der Waals surface area contributed by atoms with Crippen LogP contribution in [0.2, 0.25) is 0 Å². The molecule has 3 unspecified atom stereocenters. The summed E-state index contributed by atoms with van der Waals surface area (Å²) >= 11 is 0. The van der Waals surface area contributed by atoms with E-state index in [9.17, 15) is 0 Å². The number of likely N-dealkylation sites (N-methyl/N-ethyl adjacent to an activating group) is 1. The van der Waals surface area contributed by atoms with Crippen molar-refractivity contribution in [1.82, 2.24) is 29.0 Å². The lowest BCUT2D eigenvalue weighted by Crippen LogP contribution is -2.26. The van der Waals surface area contributed by atoms with Crippen molar-refractivity contribution in [3.8, 4) is 22.6 Å². The SMILES string of the molecule is CN1C=CC=CC1c1ccc2c(c1)c1c(n2-c2cccc(-n3c4c(c5cc(-c6ccccn6)ccc53)CC(C)(c3ccccn3)C=C4)c2)C=CC(c2ccccn2)C1. The molecule has 280 valence electrons. The third-order valence-corrected chi connectivity index (χ3v) is 12.4. The van der Waals surface area contributed by atoms with Crippen LogP contribution in [0, 0.1) is 0 Å². The van der Waals surface area contributed by atoms with Gasteiger partial charge in [-0.25, -0.2) is 0 Å². The summed E-state index contributed by atoms with van der Waals surface area (Å²) in [7, 11) is 2.15. The molecule has 0 spiro atoms. The van der Waals surface area contributed by atoms with Gasteiger partial charge in [0.15, 0.2) is 0 Å². The zero-order valence-electron chi connectivity index (χ0n) is 32.6. The summed E-state index contributed by atoms with van der Waals surface area (Å²) in [6, 6.07) is 41.7. The predicted octanol–water partition coefficient (Wildman–Crippen LogP) is 11.4. The van der Waals surface area contributed by atoms with Crippen molar-refractivity contribution < 1.29 is 0 Å². The molecular weight excluding hydrogens is 709 g/mol. The number of rotatable bonds is 6. The van der Waals surface area contributed by atoms with Gasteiger partial charge in [0, 0.05) is 81.8 Å². The molecule has 0 bridgehead atoms. The number of pyridine rings is 3. The first-order chi connectivity index (χ1) is 28.5. The van der Waals surface area contributed by atoms with Gasteiger partial charge >= 0.3 is 0 Å². The van der Waals surface area contributed by atoms with E-state index in [2.05, 4.69) is 174 Å². The fraction of sp³-hybridized carbons (Fsp3) is 0.135. The summed E-state index contributed by atoms with van der Waals surface area (Å²) in [6.07, 6.45) is 25.4. The molecule has 1 aliphatic heterocycles. The maximum absolute atomic E-state index is 4.83. The van der Waals surface area contributed by atoms with Gasteiger partial charge in [0.2, 0.25) is 0 Å². The molecule has 8 aromatic rings. The molecular formula is C52H42N6.